The summed E-state index contributed by atoms with van der Waals surface area (Å²) in [4.78, 5) is 0. The molecule has 0 bridgehead atoms. The molecule has 1 unspecified atom stereocenters. The number of hydrogen-bond acceptors (Lipinski definition) is 1. The lowest BCUT2D eigenvalue weighted by atomic mass is 9.89. The Hall–Kier alpha value is -0.0400. The van der Waals surface area contributed by atoms with E-state index in [4.69, 9.17) is 0 Å². The molecule has 0 aromatic rings. The van der Waals surface area contributed by atoms with Crippen molar-refractivity contribution in [1.82, 2.24) is 0 Å². The van der Waals surface area contributed by atoms with Gasteiger partial charge < -0.3 is 5.11 Å². The monoisotopic (exact) mass is 326 g/mol. The average Bonchev–Trinajstić information content (AvgIpc) is 2.55. The molecule has 0 saturated heterocycles. The van der Waals surface area contributed by atoms with Crippen LogP contribution in [0.5, 0.6) is 0 Å². The van der Waals surface area contributed by atoms with E-state index in [1.165, 1.54) is 89.9 Å². The Morgan fingerprint density at radius 1 is 0.478 bits per heavy atom. The molecule has 0 radical (unpaired) electrons. The highest BCUT2D eigenvalue weighted by molar-refractivity contribution is 4.75. The van der Waals surface area contributed by atoms with E-state index in [9.17, 15) is 5.11 Å². The highest BCUT2D eigenvalue weighted by atomic mass is 16.3. The second-order valence-electron chi connectivity index (χ2n) is 7.67. The van der Waals surface area contributed by atoms with Crippen molar-refractivity contribution in [2.75, 3.05) is 0 Å². The summed E-state index contributed by atoms with van der Waals surface area (Å²) in [6.45, 7) is 6.58. The van der Waals surface area contributed by atoms with Gasteiger partial charge in [0.25, 0.3) is 0 Å². The van der Waals surface area contributed by atoms with Gasteiger partial charge in [0, 0.05) is 0 Å². The van der Waals surface area contributed by atoms with Gasteiger partial charge in [-0.2, -0.15) is 0 Å². The predicted octanol–water partition coefficient (Wildman–Crippen LogP) is 7.80. The van der Waals surface area contributed by atoms with E-state index in [1.807, 2.05) is 0 Å². The molecule has 1 N–H and O–H groups in total. The summed E-state index contributed by atoms with van der Waals surface area (Å²) in [6.07, 6.45) is 23.6. The maximum atomic E-state index is 10.4. The fourth-order valence-corrected chi connectivity index (χ4v) is 3.59. The minimum absolute atomic E-state index is 0.369. The number of hydrogen-bond donors (Lipinski definition) is 1. The van der Waals surface area contributed by atoms with Crippen molar-refractivity contribution in [3.05, 3.63) is 0 Å². The maximum absolute atomic E-state index is 10.4. The molecule has 0 saturated carbocycles. The van der Waals surface area contributed by atoms with E-state index in [0.717, 1.165) is 25.7 Å². The average molecular weight is 327 g/mol. The van der Waals surface area contributed by atoms with E-state index in [1.54, 1.807) is 0 Å². The summed E-state index contributed by atoms with van der Waals surface area (Å²) < 4.78 is 0. The summed E-state index contributed by atoms with van der Waals surface area (Å²) in [5.41, 5.74) is -0.369. The molecule has 0 fully saturated rings. The lowest BCUT2D eigenvalue weighted by molar-refractivity contribution is 0.0158. The van der Waals surface area contributed by atoms with Crippen LogP contribution in [0.3, 0.4) is 0 Å². The zero-order chi connectivity index (χ0) is 17.2. The summed E-state index contributed by atoms with van der Waals surface area (Å²) in [5.74, 6) is 0. The molecule has 0 rings (SSSR count). The molecule has 0 spiro atoms. The highest BCUT2D eigenvalue weighted by Crippen LogP contribution is 2.24. The molecule has 1 nitrogen and oxygen atoms in total. The molecule has 1 heteroatoms. The zero-order valence-electron chi connectivity index (χ0n) is 16.7. The van der Waals surface area contributed by atoms with Crippen molar-refractivity contribution in [1.29, 1.82) is 0 Å². The third kappa shape index (κ3) is 15.2. The molecule has 0 aliphatic heterocycles. The van der Waals surface area contributed by atoms with E-state index < -0.39 is 0 Å². The zero-order valence-corrected chi connectivity index (χ0v) is 16.7. The van der Waals surface area contributed by atoms with Crippen molar-refractivity contribution < 1.29 is 5.11 Å². The van der Waals surface area contributed by atoms with Crippen molar-refractivity contribution in [2.45, 2.75) is 142 Å². The van der Waals surface area contributed by atoms with Gasteiger partial charge in [-0.1, -0.05) is 117 Å². The Kier molecular flexibility index (Phi) is 16.8. The van der Waals surface area contributed by atoms with Crippen LogP contribution in [-0.4, -0.2) is 10.7 Å². The van der Waals surface area contributed by atoms with Crippen LogP contribution in [-0.2, 0) is 0 Å². The minimum Gasteiger partial charge on any atom is -0.390 e. The van der Waals surface area contributed by atoms with Crippen molar-refractivity contribution in [3.63, 3.8) is 0 Å². The molecular formula is C22H46O. The van der Waals surface area contributed by atoms with Crippen LogP contribution >= 0.6 is 0 Å². The second-order valence-corrected chi connectivity index (χ2v) is 7.67. The minimum atomic E-state index is -0.369. The fraction of sp³-hybridized carbons (Fsp3) is 1.00. The smallest absolute Gasteiger partial charge is 0.0645 e. The van der Waals surface area contributed by atoms with Crippen LogP contribution in [0.25, 0.3) is 0 Å². The standard InChI is InChI=1S/C22H46O/c1-4-7-8-9-10-11-12-13-14-15-16-17-18-19-21-22(23,6-3)20-5-2/h23H,4-21H2,1-3H3. The maximum Gasteiger partial charge on any atom is 0.0645 e. The fourth-order valence-electron chi connectivity index (χ4n) is 3.59. The second kappa shape index (κ2) is 16.8. The molecule has 0 aromatic heterocycles. The van der Waals surface area contributed by atoms with E-state index >= 15 is 0 Å². The summed E-state index contributed by atoms with van der Waals surface area (Å²) in [5, 5.41) is 10.4. The predicted molar refractivity (Wildman–Crippen MR) is 105 cm³/mol. The Morgan fingerprint density at radius 2 is 0.870 bits per heavy atom. The van der Waals surface area contributed by atoms with Crippen LogP contribution < -0.4 is 0 Å². The Morgan fingerprint density at radius 3 is 1.22 bits per heavy atom. The first kappa shape index (κ1) is 23.0. The van der Waals surface area contributed by atoms with Gasteiger partial charge in [-0.3, -0.25) is 0 Å². The molecule has 0 aromatic carbocycles. The first-order valence-corrected chi connectivity index (χ1v) is 10.9. The third-order valence-electron chi connectivity index (χ3n) is 5.37. The third-order valence-corrected chi connectivity index (χ3v) is 5.37. The molecule has 23 heavy (non-hydrogen) atoms. The first-order chi connectivity index (χ1) is 11.2. The van der Waals surface area contributed by atoms with Crippen LogP contribution in [0.4, 0.5) is 0 Å². The highest BCUT2D eigenvalue weighted by Gasteiger charge is 2.22. The van der Waals surface area contributed by atoms with Crippen LogP contribution in [0, 0.1) is 0 Å². The Bertz CT molecular complexity index is 226. The van der Waals surface area contributed by atoms with E-state index in [-0.39, 0.29) is 5.60 Å². The van der Waals surface area contributed by atoms with Crippen molar-refractivity contribution >= 4 is 0 Å². The summed E-state index contributed by atoms with van der Waals surface area (Å²) in [6, 6.07) is 0. The lowest BCUT2D eigenvalue weighted by Crippen LogP contribution is -2.27. The molecule has 0 aliphatic carbocycles. The SMILES string of the molecule is CCCCCCCCCCCCCCCCC(O)(CC)CCC. The van der Waals surface area contributed by atoms with Gasteiger partial charge in [0.1, 0.15) is 0 Å². The number of rotatable bonds is 18. The summed E-state index contributed by atoms with van der Waals surface area (Å²) in [7, 11) is 0. The quantitative estimate of drug-likeness (QED) is 0.255. The van der Waals surface area contributed by atoms with Gasteiger partial charge in [-0.25, -0.2) is 0 Å². The van der Waals surface area contributed by atoms with E-state index in [0.29, 0.717) is 0 Å². The molecule has 0 heterocycles. The largest absolute Gasteiger partial charge is 0.390 e. The van der Waals surface area contributed by atoms with Gasteiger partial charge in [-0.15, -0.1) is 0 Å². The Balaban J connectivity index is 3.21. The van der Waals surface area contributed by atoms with Gasteiger partial charge in [0.2, 0.25) is 0 Å². The molecule has 0 aliphatic rings. The first-order valence-electron chi connectivity index (χ1n) is 10.9. The van der Waals surface area contributed by atoms with Crippen LogP contribution in [0.15, 0.2) is 0 Å². The topological polar surface area (TPSA) is 20.2 Å². The van der Waals surface area contributed by atoms with Gasteiger partial charge >= 0.3 is 0 Å². The van der Waals surface area contributed by atoms with Gasteiger partial charge in [0.15, 0.2) is 0 Å². The van der Waals surface area contributed by atoms with E-state index in [2.05, 4.69) is 20.8 Å². The van der Waals surface area contributed by atoms with Gasteiger partial charge in [-0.05, 0) is 19.3 Å². The molecular weight excluding hydrogens is 280 g/mol. The molecule has 0 amide bonds. The van der Waals surface area contributed by atoms with Crippen molar-refractivity contribution in [2.24, 2.45) is 0 Å². The van der Waals surface area contributed by atoms with Crippen LogP contribution in [0.2, 0.25) is 0 Å². The van der Waals surface area contributed by atoms with Gasteiger partial charge in [0.05, 0.1) is 5.60 Å². The summed E-state index contributed by atoms with van der Waals surface area (Å²) >= 11 is 0. The number of unbranched alkanes of at least 4 members (excludes halogenated alkanes) is 13. The molecule has 1 atom stereocenters. The van der Waals surface area contributed by atoms with Crippen LogP contribution in [0.1, 0.15) is 136 Å². The van der Waals surface area contributed by atoms with Crippen molar-refractivity contribution in [3.8, 4) is 0 Å². The Labute approximate surface area is 147 Å². The lowest BCUT2D eigenvalue weighted by Gasteiger charge is -2.26. The molecule has 140 valence electrons. The number of aliphatic hydroxyl groups is 1. The normalized spacial score (nSPS) is 14.1.